The Morgan fingerprint density at radius 3 is 2.61 bits per heavy atom. The summed E-state index contributed by atoms with van der Waals surface area (Å²) in [5, 5.41) is 12.3. The van der Waals surface area contributed by atoms with Gasteiger partial charge in [0.2, 0.25) is 0 Å². The summed E-state index contributed by atoms with van der Waals surface area (Å²) in [6, 6.07) is 15.0. The second-order valence-corrected chi connectivity index (χ2v) is 5.63. The largest absolute Gasteiger partial charge is 0.338 e. The zero-order valence-corrected chi connectivity index (χ0v) is 13.8. The van der Waals surface area contributed by atoms with E-state index in [-0.39, 0.29) is 0 Å². The van der Waals surface area contributed by atoms with Crippen molar-refractivity contribution < 1.29 is 0 Å². The summed E-state index contributed by atoms with van der Waals surface area (Å²) in [4.78, 5) is 6.30. The molecule has 0 saturated carbocycles. The molecule has 116 valence electrons. The molecule has 5 nitrogen and oxygen atoms in total. The predicted octanol–water partition coefficient (Wildman–Crippen LogP) is 4.69. The van der Waals surface area contributed by atoms with Gasteiger partial charge in [-0.05, 0) is 30.3 Å². The molecule has 0 aliphatic carbocycles. The van der Waals surface area contributed by atoms with Gasteiger partial charge in [0.25, 0.3) is 5.95 Å². The average Bonchev–Trinajstić information content (AvgIpc) is 2.58. The van der Waals surface area contributed by atoms with Crippen LogP contribution in [0.15, 0.2) is 54.7 Å². The molecule has 1 heterocycles. The third-order valence-electron chi connectivity index (χ3n) is 3.18. The zero-order chi connectivity index (χ0) is 16.2. The third kappa shape index (κ3) is 3.70. The van der Waals surface area contributed by atoms with Gasteiger partial charge in [-0.2, -0.15) is 10.1 Å². The minimum Gasteiger partial charge on any atom is -0.338 e. The standard InChI is InChI=1S/C16H13Cl2N5/c1-23(12-5-3-2-4-6-12)16-21-15(10-19-22-16)20-14-9-11(17)7-8-13(14)18/h2-10H,1H3,(H,20,21,22). The quantitative estimate of drug-likeness (QED) is 0.743. The molecule has 1 aromatic heterocycles. The molecule has 0 amide bonds. The van der Waals surface area contributed by atoms with Gasteiger partial charge in [-0.3, -0.25) is 0 Å². The van der Waals surface area contributed by atoms with Gasteiger partial charge in [0.1, 0.15) is 0 Å². The van der Waals surface area contributed by atoms with E-state index < -0.39 is 0 Å². The number of halogens is 2. The molecule has 0 spiro atoms. The van der Waals surface area contributed by atoms with Crippen LogP contribution < -0.4 is 10.2 Å². The smallest absolute Gasteiger partial charge is 0.251 e. The lowest BCUT2D eigenvalue weighted by Gasteiger charge is -2.17. The maximum Gasteiger partial charge on any atom is 0.251 e. The van der Waals surface area contributed by atoms with Gasteiger partial charge in [-0.1, -0.05) is 41.4 Å². The third-order valence-corrected chi connectivity index (χ3v) is 3.75. The SMILES string of the molecule is CN(c1ccccc1)c1nncc(Nc2cc(Cl)ccc2Cl)n1. The molecule has 0 saturated heterocycles. The van der Waals surface area contributed by atoms with Crippen molar-refractivity contribution in [3.8, 4) is 0 Å². The van der Waals surface area contributed by atoms with E-state index in [1.54, 1.807) is 18.2 Å². The van der Waals surface area contributed by atoms with Crippen LogP contribution in [-0.4, -0.2) is 22.2 Å². The van der Waals surface area contributed by atoms with E-state index in [0.717, 1.165) is 5.69 Å². The molecule has 3 rings (SSSR count). The first kappa shape index (κ1) is 15.5. The molecule has 0 aliphatic heterocycles. The Hall–Kier alpha value is -2.37. The van der Waals surface area contributed by atoms with Crippen molar-refractivity contribution in [2.75, 3.05) is 17.3 Å². The van der Waals surface area contributed by atoms with Gasteiger partial charge in [0.15, 0.2) is 5.82 Å². The van der Waals surface area contributed by atoms with Crippen LogP contribution in [0.2, 0.25) is 10.0 Å². The highest BCUT2D eigenvalue weighted by molar-refractivity contribution is 6.35. The van der Waals surface area contributed by atoms with Gasteiger partial charge in [0.05, 0.1) is 16.9 Å². The summed E-state index contributed by atoms with van der Waals surface area (Å²) >= 11 is 12.1. The van der Waals surface area contributed by atoms with Crippen molar-refractivity contribution >= 4 is 46.3 Å². The second-order valence-electron chi connectivity index (χ2n) is 4.79. The summed E-state index contributed by atoms with van der Waals surface area (Å²) in [5.41, 5.74) is 1.63. The summed E-state index contributed by atoms with van der Waals surface area (Å²) in [5.74, 6) is 1.00. The molecule has 0 radical (unpaired) electrons. The van der Waals surface area contributed by atoms with E-state index in [9.17, 15) is 0 Å². The van der Waals surface area contributed by atoms with Crippen LogP contribution in [0, 0.1) is 0 Å². The number of benzene rings is 2. The molecule has 3 aromatic rings. The van der Waals surface area contributed by atoms with Crippen LogP contribution in [0.3, 0.4) is 0 Å². The van der Waals surface area contributed by atoms with Crippen LogP contribution in [0.5, 0.6) is 0 Å². The fourth-order valence-electron chi connectivity index (χ4n) is 1.99. The van der Waals surface area contributed by atoms with Crippen LogP contribution in [0.4, 0.5) is 23.1 Å². The fourth-order valence-corrected chi connectivity index (χ4v) is 2.33. The van der Waals surface area contributed by atoms with Crippen LogP contribution in [0.25, 0.3) is 0 Å². The number of rotatable bonds is 4. The number of anilines is 4. The number of aromatic nitrogens is 3. The normalized spacial score (nSPS) is 10.4. The molecular weight excluding hydrogens is 333 g/mol. The lowest BCUT2D eigenvalue weighted by Crippen LogP contribution is -2.14. The Bertz CT molecular complexity index is 811. The van der Waals surface area contributed by atoms with E-state index >= 15 is 0 Å². The number of para-hydroxylation sites is 1. The number of nitrogens with one attached hydrogen (secondary N) is 1. The van der Waals surface area contributed by atoms with Gasteiger partial charge < -0.3 is 10.2 Å². The first-order chi connectivity index (χ1) is 11.1. The summed E-state index contributed by atoms with van der Waals surface area (Å²) in [6.07, 6.45) is 1.53. The van der Waals surface area contributed by atoms with Gasteiger partial charge in [0, 0.05) is 17.8 Å². The van der Waals surface area contributed by atoms with Gasteiger partial charge in [-0.25, -0.2) is 0 Å². The van der Waals surface area contributed by atoms with E-state index in [1.807, 2.05) is 42.3 Å². The van der Waals surface area contributed by atoms with Crippen molar-refractivity contribution in [2.45, 2.75) is 0 Å². The topological polar surface area (TPSA) is 53.9 Å². The number of hydrogen-bond acceptors (Lipinski definition) is 5. The number of nitrogens with zero attached hydrogens (tertiary/aromatic N) is 4. The molecule has 1 N–H and O–H groups in total. The molecule has 0 unspecified atom stereocenters. The van der Waals surface area contributed by atoms with Crippen molar-refractivity contribution in [1.29, 1.82) is 0 Å². The van der Waals surface area contributed by atoms with Crippen molar-refractivity contribution in [1.82, 2.24) is 15.2 Å². The highest BCUT2D eigenvalue weighted by Crippen LogP contribution is 2.28. The first-order valence-corrected chi connectivity index (χ1v) is 7.59. The summed E-state index contributed by atoms with van der Waals surface area (Å²) in [7, 11) is 1.88. The Kier molecular flexibility index (Phi) is 4.60. The fraction of sp³-hybridized carbons (Fsp3) is 0.0625. The highest BCUT2D eigenvalue weighted by atomic mass is 35.5. The molecule has 0 atom stereocenters. The molecule has 0 aliphatic rings. The molecular formula is C16H13Cl2N5. The van der Waals surface area contributed by atoms with E-state index in [0.29, 0.717) is 27.5 Å². The lowest BCUT2D eigenvalue weighted by atomic mass is 10.3. The Labute approximate surface area is 143 Å². The Morgan fingerprint density at radius 1 is 1.04 bits per heavy atom. The molecule has 0 fully saturated rings. The maximum absolute atomic E-state index is 6.15. The molecule has 2 aromatic carbocycles. The highest BCUT2D eigenvalue weighted by Gasteiger charge is 2.09. The number of hydrogen-bond donors (Lipinski definition) is 1. The molecule has 7 heteroatoms. The van der Waals surface area contributed by atoms with Crippen molar-refractivity contribution in [2.24, 2.45) is 0 Å². The Balaban J connectivity index is 1.87. The first-order valence-electron chi connectivity index (χ1n) is 6.84. The van der Waals surface area contributed by atoms with Crippen LogP contribution >= 0.6 is 23.2 Å². The summed E-state index contributed by atoms with van der Waals surface area (Å²) < 4.78 is 0. The van der Waals surface area contributed by atoms with E-state index in [4.69, 9.17) is 23.2 Å². The lowest BCUT2D eigenvalue weighted by molar-refractivity contribution is 0.932. The zero-order valence-electron chi connectivity index (χ0n) is 12.2. The van der Waals surface area contributed by atoms with Gasteiger partial charge in [-0.15, -0.1) is 5.10 Å². The summed E-state index contributed by atoms with van der Waals surface area (Å²) in [6.45, 7) is 0. The van der Waals surface area contributed by atoms with Crippen LogP contribution in [-0.2, 0) is 0 Å². The molecule has 23 heavy (non-hydrogen) atoms. The predicted molar refractivity (Wildman–Crippen MR) is 94.1 cm³/mol. The van der Waals surface area contributed by atoms with E-state index in [2.05, 4.69) is 20.5 Å². The van der Waals surface area contributed by atoms with E-state index in [1.165, 1.54) is 6.20 Å². The van der Waals surface area contributed by atoms with Crippen molar-refractivity contribution in [3.05, 3.63) is 64.8 Å². The maximum atomic E-state index is 6.15. The van der Waals surface area contributed by atoms with Gasteiger partial charge >= 0.3 is 0 Å². The minimum absolute atomic E-state index is 0.472. The second kappa shape index (κ2) is 6.81. The average molecular weight is 346 g/mol. The monoisotopic (exact) mass is 345 g/mol. The minimum atomic E-state index is 0.472. The van der Waals surface area contributed by atoms with Crippen LogP contribution in [0.1, 0.15) is 0 Å². The Morgan fingerprint density at radius 2 is 1.83 bits per heavy atom. The van der Waals surface area contributed by atoms with Crippen molar-refractivity contribution in [3.63, 3.8) is 0 Å². The molecule has 0 bridgehead atoms.